The number of carbonyl (C=O) groups is 2. The number of hydrogen-bond donors (Lipinski definition) is 1. The smallest absolute Gasteiger partial charge is 0.268 e. The third-order valence-corrected chi connectivity index (χ3v) is 4.02. The van der Waals surface area contributed by atoms with Gasteiger partial charge >= 0.3 is 12.4 Å². The van der Waals surface area contributed by atoms with Crippen molar-refractivity contribution in [1.29, 1.82) is 0 Å². The Morgan fingerprint density at radius 1 is 1.06 bits per heavy atom. The highest BCUT2D eigenvalue weighted by Crippen LogP contribution is 2.38. The molecule has 1 aromatic heterocycles. The molecular formula is C18H13F6N5O2. The van der Waals surface area contributed by atoms with E-state index < -0.39 is 46.7 Å². The molecule has 13 heteroatoms. The molecule has 0 atom stereocenters. The van der Waals surface area contributed by atoms with E-state index in [0.29, 0.717) is 18.6 Å². The third-order valence-electron chi connectivity index (χ3n) is 4.02. The van der Waals surface area contributed by atoms with Crippen molar-refractivity contribution in [2.45, 2.75) is 18.8 Å². The van der Waals surface area contributed by atoms with E-state index >= 15 is 0 Å². The molecular weight excluding hydrogens is 432 g/mol. The Morgan fingerprint density at radius 3 is 2.29 bits per heavy atom. The van der Waals surface area contributed by atoms with Crippen molar-refractivity contribution >= 4 is 18.0 Å². The monoisotopic (exact) mass is 445 g/mol. The first-order valence-electron chi connectivity index (χ1n) is 8.61. The van der Waals surface area contributed by atoms with Crippen molar-refractivity contribution < 1.29 is 35.9 Å². The van der Waals surface area contributed by atoms with Crippen LogP contribution in [0.2, 0.25) is 0 Å². The first-order valence-corrected chi connectivity index (χ1v) is 8.61. The Labute approximate surface area is 170 Å². The van der Waals surface area contributed by atoms with Gasteiger partial charge in [-0.2, -0.15) is 26.3 Å². The van der Waals surface area contributed by atoms with E-state index in [4.69, 9.17) is 0 Å². The molecule has 0 spiro atoms. The lowest BCUT2D eigenvalue weighted by atomic mass is 10.0. The van der Waals surface area contributed by atoms with Crippen LogP contribution in [0.15, 0.2) is 42.8 Å². The second-order valence-electron chi connectivity index (χ2n) is 6.32. The summed E-state index contributed by atoms with van der Waals surface area (Å²) in [5.74, 6) is -1.52. The van der Waals surface area contributed by atoms with Crippen LogP contribution in [0, 0.1) is 0 Å². The molecule has 0 saturated heterocycles. The Morgan fingerprint density at radius 2 is 1.71 bits per heavy atom. The summed E-state index contributed by atoms with van der Waals surface area (Å²) < 4.78 is 78.8. The van der Waals surface area contributed by atoms with E-state index in [1.807, 2.05) is 0 Å². The number of benzene rings is 1. The van der Waals surface area contributed by atoms with E-state index in [1.165, 1.54) is 6.08 Å². The van der Waals surface area contributed by atoms with E-state index in [2.05, 4.69) is 15.5 Å². The number of nitrogens with zero attached hydrogens (tertiary/aromatic N) is 4. The van der Waals surface area contributed by atoms with Crippen molar-refractivity contribution in [3.8, 4) is 11.4 Å². The first kappa shape index (κ1) is 22.1. The lowest BCUT2D eigenvalue weighted by Gasteiger charge is -2.22. The quantitative estimate of drug-likeness (QED) is 0.579. The minimum atomic E-state index is -5.00. The summed E-state index contributed by atoms with van der Waals surface area (Å²) in [4.78, 5) is 27.2. The molecule has 0 bridgehead atoms. The van der Waals surface area contributed by atoms with Crippen molar-refractivity contribution in [3.05, 3.63) is 53.9 Å². The van der Waals surface area contributed by atoms with Crippen LogP contribution in [0.3, 0.4) is 0 Å². The summed E-state index contributed by atoms with van der Waals surface area (Å²) in [6.07, 6.45) is -3.46. The number of carbonyl (C=O) groups excluding carboxylic acids is 2. The van der Waals surface area contributed by atoms with Crippen molar-refractivity contribution in [2.75, 3.05) is 6.54 Å². The van der Waals surface area contributed by atoms with Gasteiger partial charge < -0.3 is 0 Å². The summed E-state index contributed by atoms with van der Waals surface area (Å²) in [6, 6.07) is 1.00. The molecule has 164 valence electrons. The maximum absolute atomic E-state index is 13.0. The summed E-state index contributed by atoms with van der Waals surface area (Å²) in [6.45, 7) is 0.277. The number of amides is 2. The fraction of sp³-hybridized carbons (Fsp3) is 0.222. The van der Waals surface area contributed by atoms with Gasteiger partial charge in [-0.15, -0.1) is 5.10 Å². The van der Waals surface area contributed by atoms with Gasteiger partial charge in [0.15, 0.2) is 5.82 Å². The SMILES string of the molecule is O=C(/C=C\n1cnc(-c2cc(C(F)(F)F)cc(C(F)(F)F)c2)n1)NN1CCC=CC1=O. The Balaban J connectivity index is 1.80. The van der Waals surface area contributed by atoms with Crippen LogP contribution < -0.4 is 5.43 Å². The van der Waals surface area contributed by atoms with Gasteiger partial charge in [0, 0.05) is 30.5 Å². The second kappa shape index (κ2) is 8.24. The molecule has 0 fully saturated rings. The fourth-order valence-electron chi connectivity index (χ4n) is 2.58. The predicted molar refractivity (Wildman–Crippen MR) is 94.4 cm³/mol. The molecule has 31 heavy (non-hydrogen) atoms. The molecule has 2 amide bonds. The molecule has 1 N–H and O–H groups in total. The lowest BCUT2D eigenvalue weighted by Crippen LogP contribution is -2.46. The van der Waals surface area contributed by atoms with Gasteiger partial charge in [-0.25, -0.2) is 14.7 Å². The topological polar surface area (TPSA) is 80.1 Å². The zero-order valence-corrected chi connectivity index (χ0v) is 15.4. The summed E-state index contributed by atoms with van der Waals surface area (Å²) in [5, 5.41) is 4.86. The van der Waals surface area contributed by atoms with Crippen LogP contribution in [0.4, 0.5) is 26.3 Å². The van der Waals surface area contributed by atoms with E-state index in [9.17, 15) is 35.9 Å². The maximum atomic E-state index is 13.0. The number of hydrazine groups is 1. The fourth-order valence-corrected chi connectivity index (χ4v) is 2.58. The van der Waals surface area contributed by atoms with E-state index in [-0.39, 0.29) is 12.6 Å². The highest BCUT2D eigenvalue weighted by atomic mass is 19.4. The standard InChI is InChI=1S/C18H13F6N5O2/c19-17(20,21)12-7-11(8-13(9-12)18(22,23)24)16-25-10-28(27-16)6-4-14(30)26-29-5-2-1-3-15(29)31/h1,3-4,6-10H,2,5H2,(H,26,30)/b6-4-. The van der Waals surface area contributed by atoms with E-state index in [0.717, 1.165) is 28.3 Å². The normalized spacial score (nSPS) is 15.0. The summed E-state index contributed by atoms with van der Waals surface area (Å²) in [5.41, 5.74) is -1.17. The zero-order valence-electron chi connectivity index (χ0n) is 15.4. The number of alkyl halides is 6. The number of hydrogen-bond acceptors (Lipinski definition) is 4. The molecule has 0 unspecified atom stereocenters. The summed E-state index contributed by atoms with van der Waals surface area (Å²) >= 11 is 0. The van der Waals surface area contributed by atoms with Crippen molar-refractivity contribution in [1.82, 2.24) is 25.2 Å². The highest BCUT2D eigenvalue weighted by molar-refractivity contribution is 5.94. The van der Waals surface area contributed by atoms with Crippen LogP contribution in [0.1, 0.15) is 17.5 Å². The van der Waals surface area contributed by atoms with Gasteiger partial charge in [-0.3, -0.25) is 15.0 Å². The number of aromatic nitrogens is 3. The number of rotatable bonds is 4. The van der Waals surface area contributed by atoms with Crippen LogP contribution in [0.5, 0.6) is 0 Å². The lowest BCUT2D eigenvalue weighted by molar-refractivity contribution is -0.143. The maximum Gasteiger partial charge on any atom is 0.416 e. The second-order valence-corrected chi connectivity index (χ2v) is 6.32. The minimum Gasteiger partial charge on any atom is -0.268 e. The first-order chi connectivity index (χ1) is 14.4. The van der Waals surface area contributed by atoms with Crippen molar-refractivity contribution in [2.24, 2.45) is 0 Å². The highest BCUT2D eigenvalue weighted by Gasteiger charge is 2.37. The average molecular weight is 445 g/mol. The predicted octanol–water partition coefficient (Wildman–Crippen LogP) is 3.27. The molecule has 7 nitrogen and oxygen atoms in total. The Hall–Kier alpha value is -3.64. The molecule has 2 heterocycles. The van der Waals surface area contributed by atoms with Crippen LogP contribution in [-0.2, 0) is 21.9 Å². The van der Waals surface area contributed by atoms with Gasteiger partial charge in [-0.05, 0) is 24.6 Å². The van der Waals surface area contributed by atoms with Gasteiger partial charge in [0.2, 0.25) is 0 Å². The van der Waals surface area contributed by atoms with Crippen LogP contribution in [0.25, 0.3) is 17.6 Å². The van der Waals surface area contributed by atoms with Crippen LogP contribution in [-0.4, -0.2) is 38.1 Å². The molecule has 1 aliphatic rings. The van der Waals surface area contributed by atoms with Crippen LogP contribution >= 0.6 is 0 Å². The molecule has 1 aromatic carbocycles. The third kappa shape index (κ3) is 5.49. The summed E-state index contributed by atoms with van der Waals surface area (Å²) in [7, 11) is 0. The molecule has 1 aliphatic heterocycles. The molecule has 3 rings (SSSR count). The molecule has 0 saturated carbocycles. The Bertz CT molecular complexity index is 1020. The average Bonchev–Trinajstić information content (AvgIpc) is 3.16. The van der Waals surface area contributed by atoms with Gasteiger partial charge in [0.05, 0.1) is 11.1 Å². The van der Waals surface area contributed by atoms with Gasteiger partial charge in [0.25, 0.3) is 11.8 Å². The van der Waals surface area contributed by atoms with Gasteiger partial charge in [0.1, 0.15) is 6.33 Å². The minimum absolute atomic E-state index is 0.00180. The Kier molecular flexibility index (Phi) is 5.86. The number of nitrogens with one attached hydrogen (secondary N) is 1. The number of halogens is 6. The zero-order chi connectivity index (χ0) is 22.8. The molecule has 0 radical (unpaired) electrons. The molecule has 0 aliphatic carbocycles. The molecule has 2 aromatic rings. The van der Waals surface area contributed by atoms with E-state index in [1.54, 1.807) is 6.08 Å². The largest absolute Gasteiger partial charge is 0.416 e. The van der Waals surface area contributed by atoms with Gasteiger partial charge in [-0.1, -0.05) is 6.08 Å². The van der Waals surface area contributed by atoms with Crippen molar-refractivity contribution in [3.63, 3.8) is 0 Å².